The molecule has 10 rings (SSSR count). The number of ether oxygens (including phenoxy) is 2. The van der Waals surface area contributed by atoms with Crippen molar-refractivity contribution in [1.29, 1.82) is 0 Å². The van der Waals surface area contributed by atoms with Gasteiger partial charge in [-0.15, -0.1) is 11.3 Å². The number of pyridine rings is 1. The second-order valence-corrected chi connectivity index (χ2v) is 19.4. The van der Waals surface area contributed by atoms with Crippen LogP contribution in [0.25, 0.3) is 39.0 Å². The molecule has 2 aliphatic carbocycles. The zero-order valence-corrected chi connectivity index (χ0v) is 36.2. The minimum Gasteiger partial charge on any atom is -0.464 e. The van der Waals surface area contributed by atoms with Crippen LogP contribution in [0.2, 0.25) is 0 Å². The van der Waals surface area contributed by atoms with Crippen molar-refractivity contribution in [1.82, 2.24) is 35.2 Å². The van der Waals surface area contributed by atoms with Gasteiger partial charge >= 0.3 is 5.97 Å². The lowest BCUT2D eigenvalue weighted by Gasteiger charge is -2.53. The van der Waals surface area contributed by atoms with Gasteiger partial charge in [-0.3, -0.25) is 24.4 Å². The summed E-state index contributed by atoms with van der Waals surface area (Å²) in [5.41, 5.74) is 12.3. The van der Waals surface area contributed by atoms with E-state index in [1.807, 2.05) is 6.20 Å². The molecule has 4 aromatic rings. The van der Waals surface area contributed by atoms with Crippen molar-refractivity contribution in [2.24, 2.45) is 23.2 Å². The molecule has 8 bridgehead atoms. The van der Waals surface area contributed by atoms with E-state index in [1.165, 1.54) is 16.9 Å². The Morgan fingerprint density at radius 2 is 1.97 bits per heavy atom. The number of amides is 2. The van der Waals surface area contributed by atoms with E-state index in [2.05, 4.69) is 97.6 Å². The molecule has 7 heterocycles. The van der Waals surface area contributed by atoms with Gasteiger partial charge in [-0.25, -0.2) is 10.4 Å². The third-order valence-corrected chi connectivity index (χ3v) is 14.4. The molecule has 4 aliphatic heterocycles. The number of hydrogen-bond donors (Lipinski definition) is 2. The zero-order chi connectivity index (χ0) is 41.3. The van der Waals surface area contributed by atoms with Gasteiger partial charge in [0.05, 0.1) is 34.8 Å². The molecule has 0 spiro atoms. The summed E-state index contributed by atoms with van der Waals surface area (Å²) < 4.78 is 14.6. The monoisotopic (exact) mass is 819 g/mol. The first-order chi connectivity index (χ1) is 28.3. The predicted molar refractivity (Wildman–Crippen MR) is 229 cm³/mol. The van der Waals surface area contributed by atoms with Crippen LogP contribution in [0.4, 0.5) is 0 Å². The van der Waals surface area contributed by atoms with Gasteiger partial charge in [0.15, 0.2) is 0 Å². The summed E-state index contributed by atoms with van der Waals surface area (Å²) in [4.78, 5) is 54.3. The number of cyclic esters (lactones) is 1. The van der Waals surface area contributed by atoms with Crippen molar-refractivity contribution in [3.8, 4) is 22.5 Å². The van der Waals surface area contributed by atoms with Crippen molar-refractivity contribution in [3.63, 3.8) is 0 Å². The maximum Gasteiger partial charge on any atom is 0.325 e. The van der Waals surface area contributed by atoms with Gasteiger partial charge in [-0.05, 0) is 99.7 Å². The number of methoxy groups -OCH3 is 1. The minimum atomic E-state index is -0.818. The van der Waals surface area contributed by atoms with Gasteiger partial charge in [-0.1, -0.05) is 32.9 Å². The van der Waals surface area contributed by atoms with E-state index in [9.17, 15) is 14.4 Å². The molecule has 2 N–H and O–H groups in total. The first kappa shape index (κ1) is 40.0. The molecule has 1 aromatic carbocycles. The van der Waals surface area contributed by atoms with E-state index in [4.69, 9.17) is 19.4 Å². The summed E-state index contributed by atoms with van der Waals surface area (Å²) in [5, 5.41) is 8.63. The normalized spacial score (nSPS) is 27.4. The lowest BCUT2D eigenvalue weighted by atomic mass is 9.73. The number of aromatic nitrogens is 3. The number of hydrogen-bond acceptors (Lipinski definition) is 10. The van der Waals surface area contributed by atoms with Crippen LogP contribution in [-0.4, -0.2) is 94.2 Å². The van der Waals surface area contributed by atoms with Crippen LogP contribution in [0, 0.1) is 23.2 Å². The topological polar surface area (TPSA) is 131 Å². The van der Waals surface area contributed by atoms with Crippen molar-refractivity contribution in [2.75, 3.05) is 33.9 Å². The molecule has 5 atom stereocenters. The highest BCUT2D eigenvalue weighted by molar-refractivity contribution is 7.10. The number of nitrogens with one attached hydrogen (secondary N) is 2. The standard InChI is InChI=1S/C46H57N7O5S/c1-8-52-38-10-9-28-18-33(38)35(42(52)34-19-30(22-47-40(34)26(3)57-7)27-11-13-51(6)14-12-27)21-46(4,5)24-58-45(56)41-29-16-31(17-29)53(50-41)44(55)36(20-39-48-37(28)23-59-39)49-43(54)32-15-25(32)2/h9-11,18-19,22-23,25-26,29,31-32,36,41,50H,8,12-17,20-21,24H2,1-7H3,(H,49,54)/t25-,26-,29?,31?,32-,36-,41-/m0/s1. The number of aryl methyl sites for hydroxylation is 1. The van der Waals surface area contributed by atoms with Crippen molar-refractivity contribution in [2.45, 2.75) is 104 Å². The average molecular weight is 820 g/mol. The summed E-state index contributed by atoms with van der Waals surface area (Å²) in [6, 6.07) is 7.38. The summed E-state index contributed by atoms with van der Waals surface area (Å²) in [6.07, 6.45) is 8.15. The van der Waals surface area contributed by atoms with Gasteiger partial charge in [0.2, 0.25) is 5.91 Å². The van der Waals surface area contributed by atoms with Crippen LogP contribution in [0.15, 0.2) is 41.9 Å². The van der Waals surface area contributed by atoms with Crippen LogP contribution in [0.1, 0.15) is 88.2 Å². The van der Waals surface area contributed by atoms with Crippen molar-refractivity contribution >= 4 is 45.6 Å². The zero-order valence-electron chi connectivity index (χ0n) is 35.3. The van der Waals surface area contributed by atoms with Gasteiger partial charge in [-0.2, -0.15) is 0 Å². The highest BCUT2D eigenvalue weighted by atomic mass is 32.1. The molecule has 13 heteroatoms. The third-order valence-electron chi connectivity index (χ3n) is 13.5. The number of hydrazine groups is 1. The maximum atomic E-state index is 14.4. The summed E-state index contributed by atoms with van der Waals surface area (Å²) in [6.45, 7) is 13.4. The summed E-state index contributed by atoms with van der Waals surface area (Å²) in [5.74, 6) is -0.392. The predicted octanol–water partition coefficient (Wildman–Crippen LogP) is 6.58. The number of rotatable bonds is 7. The number of carbonyl (C=O) groups is 3. The summed E-state index contributed by atoms with van der Waals surface area (Å²) >= 11 is 1.50. The number of thiazole rings is 1. The molecule has 59 heavy (non-hydrogen) atoms. The first-order valence-corrected chi connectivity index (χ1v) is 22.3. The summed E-state index contributed by atoms with van der Waals surface area (Å²) in [7, 11) is 3.88. The lowest BCUT2D eigenvalue weighted by molar-refractivity contribution is -0.171. The molecule has 6 aliphatic rings. The van der Waals surface area contributed by atoms with E-state index in [0.717, 1.165) is 87.7 Å². The van der Waals surface area contributed by atoms with Crippen molar-refractivity contribution < 1.29 is 23.9 Å². The molecule has 2 saturated carbocycles. The molecule has 2 amide bonds. The maximum absolute atomic E-state index is 14.4. The number of benzene rings is 1. The Bertz CT molecular complexity index is 2340. The Morgan fingerprint density at radius 3 is 2.68 bits per heavy atom. The Hall–Kier alpha value is -4.43. The second kappa shape index (κ2) is 15.6. The fourth-order valence-corrected chi connectivity index (χ4v) is 10.5. The van der Waals surface area contributed by atoms with Crippen LogP contribution < -0.4 is 10.7 Å². The lowest BCUT2D eigenvalue weighted by Crippen LogP contribution is -2.71. The van der Waals surface area contributed by atoms with Gasteiger partial charge in [0.25, 0.3) is 5.91 Å². The number of nitrogens with zero attached hydrogens (tertiary/aromatic N) is 5. The number of carbonyl (C=O) groups excluding carboxylic acids is 3. The minimum absolute atomic E-state index is 0.0367. The number of esters is 1. The highest BCUT2D eigenvalue weighted by Gasteiger charge is 2.51. The van der Waals surface area contributed by atoms with Crippen LogP contribution in [0.3, 0.4) is 0 Å². The van der Waals surface area contributed by atoms with E-state index in [0.29, 0.717) is 25.2 Å². The molecular weight excluding hydrogens is 763 g/mol. The average Bonchev–Trinajstić information content (AvgIpc) is 3.64. The number of likely N-dealkylation sites (N-methyl/N-ethyl adjacent to an activating group) is 1. The van der Waals surface area contributed by atoms with Crippen LogP contribution >= 0.6 is 11.3 Å². The SMILES string of the molecule is CCn1c(-c2cc(C3=CCN(C)CC3)cnc2[C@H](C)OC)c2c3cc(ccc31)-c1csc(n1)C[C@H](NC(=O)[C@H]1C[C@@H]1C)C(=O)N1N[C@H](C(=O)OCC(C)(C)C2)C2CC1C2. The molecule has 0 unspecified atom stereocenters. The van der Waals surface area contributed by atoms with Gasteiger partial charge < -0.3 is 24.3 Å². The largest absolute Gasteiger partial charge is 0.464 e. The van der Waals surface area contributed by atoms with E-state index in [1.54, 1.807) is 12.1 Å². The second-order valence-electron chi connectivity index (χ2n) is 18.4. The van der Waals surface area contributed by atoms with E-state index in [-0.39, 0.29) is 54.8 Å². The van der Waals surface area contributed by atoms with Crippen molar-refractivity contribution in [3.05, 3.63) is 63.7 Å². The molecule has 4 fully saturated rings. The third kappa shape index (κ3) is 7.53. The van der Waals surface area contributed by atoms with Gasteiger partial charge in [0.1, 0.15) is 12.1 Å². The Balaban J connectivity index is 1.18. The Kier molecular flexibility index (Phi) is 10.5. The molecule has 0 radical (unpaired) electrons. The highest BCUT2D eigenvalue weighted by Crippen LogP contribution is 2.44. The smallest absolute Gasteiger partial charge is 0.325 e. The first-order valence-electron chi connectivity index (χ1n) is 21.4. The Labute approximate surface area is 350 Å². The molecular formula is C46H57N7O5S. The van der Waals surface area contributed by atoms with Gasteiger partial charge in [0, 0.05) is 84.1 Å². The van der Waals surface area contributed by atoms with Crippen LogP contribution in [0.5, 0.6) is 0 Å². The molecule has 312 valence electrons. The molecule has 12 nitrogen and oxygen atoms in total. The Morgan fingerprint density at radius 1 is 1.17 bits per heavy atom. The quantitative estimate of drug-likeness (QED) is 0.199. The number of fused-ring (bicyclic) bond motifs is 4. The van der Waals surface area contributed by atoms with Crippen LogP contribution in [-0.2, 0) is 43.2 Å². The molecule has 2 saturated heterocycles. The van der Waals surface area contributed by atoms with E-state index < -0.39 is 17.5 Å². The fraction of sp³-hybridized carbons (Fsp3) is 0.543. The van der Waals surface area contributed by atoms with E-state index >= 15 is 0 Å². The molecule has 3 aromatic heterocycles. The fourth-order valence-electron chi connectivity index (χ4n) is 9.60.